The van der Waals surface area contributed by atoms with Crippen LogP contribution in [0.15, 0.2) is 28.7 Å². The molecule has 5 heteroatoms. The topological polar surface area (TPSA) is 77.0 Å². The minimum atomic E-state index is -0.263. The van der Waals surface area contributed by atoms with Crippen LogP contribution < -0.4 is 11.1 Å². The van der Waals surface area contributed by atoms with Gasteiger partial charge in [-0.2, -0.15) is 0 Å². The van der Waals surface area contributed by atoms with E-state index in [9.17, 15) is 0 Å². The lowest BCUT2D eigenvalue weighted by atomic mass is 9.86. The van der Waals surface area contributed by atoms with Gasteiger partial charge in [-0.1, -0.05) is 44.1 Å². The number of nitrogens with two attached hydrogens (primary N) is 1. The summed E-state index contributed by atoms with van der Waals surface area (Å²) in [4.78, 5) is 0. The van der Waals surface area contributed by atoms with E-state index in [0.717, 1.165) is 5.69 Å². The predicted molar refractivity (Wildman–Crippen MR) is 75.3 cm³/mol. The molecule has 1 atom stereocenters. The molecule has 0 amide bonds. The molecule has 19 heavy (non-hydrogen) atoms. The second kappa shape index (κ2) is 5.01. The van der Waals surface area contributed by atoms with E-state index in [4.69, 9.17) is 10.2 Å². The summed E-state index contributed by atoms with van der Waals surface area (Å²) in [6, 6.07) is 8.18. The van der Waals surface area contributed by atoms with Gasteiger partial charge in [0.2, 0.25) is 5.89 Å². The van der Waals surface area contributed by atoms with Crippen molar-refractivity contribution in [1.29, 1.82) is 0 Å². The third kappa shape index (κ3) is 3.12. The third-order valence-electron chi connectivity index (χ3n) is 2.81. The first-order valence-corrected chi connectivity index (χ1v) is 6.33. The molecule has 0 aliphatic rings. The molecule has 0 saturated carbocycles. The Labute approximate surface area is 113 Å². The Bertz CT molecular complexity index is 555. The van der Waals surface area contributed by atoms with Crippen LogP contribution in [0.5, 0.6) is 0 Å². The summed E-state index contributed by atoms with van der Waals surface area (Å²) in [5.41, 5.74) is 7.89. The molecule has 0 fully saturated rings. The zero-order valence-electron chi connectivity index (χ0n) is 11.8. The zero-order chi connectivity index (χ0) is 14.0. The lowest BCUT2D eigenvalue weighted by Gasteiger charge is -2.22. The number of aromatic nitrogens is 2. The third-order valence-corrected chi connectivity index (χ3v) is 2.81. The Morgan fingerprint density at radius 1 is 1.21 bits per heavy atom. The van der Waals surface area contributed by atoms with E-state index in [1.807, 2.05) is 18.2 Å². The van der Waals surface area contributed by atoms with Gasteiger partial charge in [-0.15, -0.1) is 5.10 Å². The standard InChI is InChI=1S/C14H20N4O/c1-9(15)12-17-18-13(19-12)16-11-8-6-5-7-10(11)14(2,3)4/h5-9H,15H2,1-4H3,(H,16,18). The molecule has 1 heterocycles. The van der Waals surface area contributed by atoms with E-state index in [1.54, 1.807) is 6.92 Å². The van der Waals surface area contributed by atoms with Crippen LogP contribution in [0.1, 0.15) is 45.2 Å². The van der Waals surface area contributed by atoms with Crippen molar-refractivity contribution in [2.45, 2.75) is 39.2 Å². The van der Waals surface area contributed by atoms with Crippen LogP contribution in [0.4, 0.5) is 11.7 Å². The molecule has 0 aliphatic carbocycles. The molecule has 1 aromatic heterocycles. The molecule has 2 aromatic rings. The van der Waals surface area contributed by atoms with Crippen LogP contribution in [-0.4, -0.2) is 10.2 Å². The van der Waals surface area contributed by atoms with E-state index < -0.39 is 0 Å². The number of hydrogen-bond donors (Lipinski definition) is 2. The van der Waals surface area contributed by atoms with Gasteiger partial charge >= 0.3 is 6.01 Å². The first-order valence-electron chi connectivity index (χ1n) is 6.33. The number of anilines is 2. The van der Waals surface area contributed by atoms with Gasteiger partial charge in [-0.3, -0.25) is 0 Å². The second-order valence-corrected chi connectivity index (χ2v) is 5.65. The second-order valence-electron chi connectivity index (χ2n) is 5.65. The van der Waals surface area contributed by atoms with E-state index in [0.29, 0.717) is 11.9 Å². The first kappa shape index (κ1) is 13.5. The van der Waals surface area contributed by atoms with Crippen molar-refractivity contribution in [1.82, 2.24) is 10.2 Å². The molecule has 1 aromatic carbocycles. The van der Waals surface area contributed by atoms with Crippen molar-refractivity contribution in [2.75, 3.05) is 5.32 Å². The monoisotopic (exact) mass is 260 g/mol. The Balaban J connectivity index is 2.28. The van der Waals surface area contributed by atoms with Gasteiger partial charge in [0.05, 0.1) is 6.04 Å². The van der Waals surface area contributed by atoms with Crippen LogP contribution in [-0.2, 0) is 5.41 Å². The van der Waals surface area contributed by atoms with Crippen molar-refractivity contribution in [2.24, 2.45) is 5.73 Å². The molecule has 0 radical (unpaired) electrons. The van der Waals surface area contributed by atoms with E-state index in [1.165, 1.54) is 5.56 Å². The average molecular weight is 260 g/mol. The number of hydrogen-bond acceptors (Lipinski definition) is 5. The predicted octanol–water partition coefficient (Wildman–Crippen LogP) is 3.13. The van der Waals surface area contributed by atoms with Crippen LogP contribution in [0, 0.1) is 0 Å². The number of benzene rings is 1. The molecule has 3 N–H and O–H groups in total. The number of para-hydroxylation sites is 1. The Hall–Kier alpha value is -1.88. The van der Waals surface area contributed by atoms with Crippen molar-refractivity contribution >= 4 is 11.7 Å². The van der Waals surface area contributed by atoms with E-state index in [2.05, 4.69) is 42.4 Å². The molecule has 0 aliphatic heterocycles. The number of rotatable bonds is 3. The maximum atomic E-state index is 5.70. The van der Waals surface area contributed by atoms with Crippen LogP contribution in [0.3, 0.4) is 0 Å². The van der Waals surface area contributed by atoms with Crippen molar-refractivity contribution in [3.63, 3.8) is 0 Å². The van der Waals surface area contributed by atoms with E-state index in [-0.39, 0.29) is 11.5 Å². The van der Waals surface area contributed by atoms with Gasteiger partial charge in [0.1, 0.15) is 0 Å². The summed E-state index contributed by atoms with van der Waals surface area (Å²) in [6.45, 7) is 8.29. The number of nitrogens with one attached hydrogen (secondary N) is 1. The summed E-state index contributed by atoms with van der Waals surface area (Å²) < 4.78 is 5.46. The molecule has 1 unspecified atom stereocenters. The minimum absolute atomic E-state index is 0.0353. The van der Waals surface area contributed by atoms with Crippen molar-refractivity contribution in [3.8, 4) is 0 Å². The van der Waals surface area contributed by atoms with Crippen molar-refractivity contribution in [3.05, 3.63) is 35.7 Å². The van der Waals surface area contributed by atoms with Crippen LogP contribution in [0.2, 0.25) is 0 Å². The molecule has 5 nitrogen and oxygen atoms in total. The molecular formula is C14H20N4O. The molecule has 102 valence electrons. The van der Waals surface area contributed by atoms with Gasteiger partial charge in [-0.05, 0) is 24.0 Å². The molecular weight excluding hydrogens is 240 g/mol. The van der Waals surface area contributed by atoms with E-state index >= 15 is 0 Å². The SMILES string of the molecule is CC(N)c1nnc(Nc2ccccc2C(C)(C)C)o1. The van der Waals surface area contributed by atoms with Crippen LogP contribution in [0.25, 0.3) is 0 Å². The maximum Gasteiger partial charge on any atom is 0.320 e. The molecule has 2 rings (SSSR count). The molecule has 0 saturated heterocycles. The summed E-state index contributed by atoms with van der Waals surface area (Å²) in [5, 5.41) is 11.0. The highest BCUT2D eigenvalue weighted by molar-refractivity contribution is 5.59. The first-order chi connectivity index (χ1) is 8.88. The van der Waals surface area contributed by atoms with Gasteiger partial charge in [0.15, 0.2) is 0 Å². The summed E-state index contributed by atoms with van der Waals surface area (Å²) in [6.07, 6.45) is 0. The highest BCUT2D eigenvalue weighted by Crippen LogP contribution is 2.31. The number of nitrogens with zero attached hydrogens (tertiary/aromatic N) is 2. The lowest BCUT2D eigenvalue weighted by molar-refractivity contribution is 0.475. The quantitative estimate of drug-likeness (QED) is 0.886. The van der Waals surface area contributed by atoms with Gasteiger partial charge in [-0.25, -0.2) is 0 Å². The smallest absolute Gasteiger partial charge is 0.320 e. The summed E-state index contributed by atoms with van der Waals surface area (Å²) >= 11 is 0. The fourth-order valence-corrected chi connectivity index (χ4v) is 1.83. The van der Waals surface area contributed by atoms with Crippen molar-refractivity contribution < 1.29 is 4.42 Å². The lowest BCUT2D eigenvalue weighted by Crippen LogP contribution is -2.13. The highest BCUT2D eigenvalue weighted by Gasteiger charge is 2.18. The maximum absolute atomic E-state index is 5.70. The van der Waals surface area contributed by atoms with Gasteiger partial charge < -0.3 is 15.5 Å². The Kier molecular flexibility index (Phi) is 3.57. The van der Waals surface area contributed by atoms with Gasteiger partial charge in [0.25, 0.3) is 0 Å². The normalized spacial score (nSPS) is 13.3. The fraction of sp³-hybridized carbons (Fsp3) is 0.429. The largest absolute Gasteiger partial charge is 0.406 e. The Morgan fingerprint density at radius 2 is 1.89 bits per heavy atom. The molecule has 0 spiro atoms. The summed E-state index contributed by atoms with van der Waals surface area (Å²) in [5.74, 6) is 0.427. The Morgan fingerprint density at radius 3 is 2.47 bits per heavy atom. The van der Waals surface area contributed by atoms with Gasteiger partial charge in [0, 0.05) is 5.69 Å². The highest BCUT2D eigenvalue weighted by atomic mass is 16.4. The minimum Gasteiger partial charge on any atom is -0.406 e. The fourth-order valence-electron chi connectivity index (χ4n) is 1.83. The summed E-state index contributed by atoms with van der Waals surface area (Å²) in [7, 11) is 0. The van der Waals surface area contributed by atoms with Crippen LogP contribution >= 0.6 is 0 Å². The average Bonchev–Trinajstić information content (AvgIpc) is 2.77. The zero-order valence-corrected chi connectivity index (χ0v) is 11.8. The molecule has 0 bridgehead atoms.